The summed E-state index contributed by atoms with van der Waals surface area (Å²) in [5, 5.41) is 3.29. The Bertz CT molecular complexity index is 746. The minimum atomic E-state index is 0.685. The number of hydrogen-bond acceptors (Lipinski definition) is 5. The van der Waals surface area contributed by atoms with Crippen LogP contribution in [0.1, 0.15) is 5.56 Å². The third-order valence-electron chi connectivity index (χ3n) is 3.27. The zero-order chi connectivity index (χ0) is 15.2. The molecule has 5 heteroatoms. The van der Waals surface area contributed by atoms with E-state index in [0.717, 1.165) is 28.4 Å². The van der Waals surface area contributed by atoms with Gasteiger partial charge in [-0.3, -0.25) is 4.98 Å². The van der Waals surface area contributed by atoms with Crippen molar-refractivity contribution in [3.8, 4) is 17.0 Å². The number of benzene rings is 1. The summed E-state index contributed by atoms with van der Waals surface area (Å²) in [6, 6.07) is 13.6. The summed E-state index contributed by atoms with van der Waals surface area (Å²) in [6.07, 6.45) is 5.10. The number of hydrogen-bond donors (Lipinski definition) is 1. The molecular weight excluding hydrogens is 276 g/mol. The Morgan fingerprint density at radius 3 is 2.68 bits per heavy atom. The molecule has 0 aliphatic carbocycles. The Hall–Kier alpha value is -2.95. The Morgan fingerprint density at radius 2 is 1.86 bits per heavy atom. The Labute approximate surface area is 129 Å². The maximum Gasteiger partial charge on any atom is 0.130 e. The van der Waals surface area contributed by atoms with Crippen molar-refractivity contribution in [3.05, 3.63) is 66.7 Å². The van der Waals surface area contributed by atoms with Gasteiger partial charge in [0.25, 0.3) is 0 Å². The molecule has 3 aromatic rings. The van der Waals surface area contributed by atoms with E-state index in [1.165, 1.54) is 0 Å². The molecule has 5 nitrogen and oxygen atoms in total. The largest absolute Gasteiger partial charge is 0.496 e. The van der Waals surface area contributed by atoms with Crippen molar-refractivity contribution in [1.29, 1.82) is 0 Å². The van der Waals surface area contributed by atoms with Gasteiger partial charge >= 0.3 is 0 Å². The maximum atomic E-state index is 5.38. The summed E-state index contributed by atoms with van der Waals surface area (Å²) < 4.78 is 5.38. The van der Waals surface area contributed by atoms with Gasteiger partial charge in [0, 0.05) is 30.6 Å². The van der Waals surface area contributed by atoms with Crippen molar-refractivity contribution in [2.45, 2.75) is 6.54 Å². The van der Waals surface area contributed by atoms with E-state index in [2.05, 4.69) is 20.3 Å². The van der Waals surface area contributed by atoms with E-state index in [9.17, 15) is 0 Å². The summed E-state index contributed by atoms with van der Waals surface area (Å²) >= 11 is 0. The number of methoxy groups -OCH3 is 1. The van der Waals surface area contributed by atoms with Crippen molar-refractivity contribution in [2.75, 3.05) is 12.4 Å². The predicted octanol–water partition coefficient (Wildman–Crippen LogP) is 3.16. The number of pyridine rings is 1. The van der Waals surface area contributed by atoms with E-state index in [4.69, 9.17) is 4.74 Å². The molecule has 0 saturated heterocycles. The molecule has 0 aliphatic rings. The second-order valence-corrected chi connectivity index (χ2v) is 4.70. The summed E-state index contributed by atoms with van der Waals surface area (Å²) in [5.74, 6) is 1.56. The van der Waals surface area contributed by atoms with Crippen LogP contribution in [0.3, 0.4) is 0 Å². The van der Waals surface area contributed by atoms with Crippen LogP contribution in [-0.4, -0.2) is 22.1 Å². The second-order valence-electron chi connectivity index (χ2n) is 4.70. The van der Waals surface area contributed by atoms with Gasteiger partial charge in [0.1, 0.15) is 17.9 Å². The molecule has 0 fully saturated rings. The zero-order valence-electron chi connectivity index (χ0n) is 12.2. The van der Waals surface area contributed by atoms with E-state index < -0.39 is 0 Å². The average Bonchev–Trinajstić information content (AvgIpc) is 2.61. The molecule has 2 aromatic heterocycles. The highest BCUT2D eigenvalue weighted by Gasteiger charge is 2.07. The quantitative estimate of drug-likeness (QED) is 0.782. The molecule has 2 heterocycles. The number of aromatic nitrogens is 3. The van der Waals surface area contributed by atoms with E-state index in [1.807, 2.05) is 42.5 Å². The first-order valence-electron chi connectivity index (χ1n) is 6.95. The average molecular weight is 292 g/mol. The van der Waals surface area contributed by atoms with Crippen LogP contribution in [0, 0.1) is 0 Å². The van der Waals surface area contributed by atoms with Crippen molar-refractivity contribution in [2.24, 2.45) is 0 Å². The zero-order valence-corrected chi connectivity index (χ0v) is 12.2. The lowest BCUT2D eigenvalue weighted by Crippen LogP contribution is -2.02. The molecule has 0 bridgehead atoms. The molecular formula is C17H16N4O. The molecule has 0 atom stereocenters. The lowest BCUT2D eigenvalue weighted by molar-refractivity contribution is 0.416. The van der Waals surface area contributed by atoms with Crippen LogP contribution in [0.5, 0.6) is 5.75 Å². The summed E-state index contributed by atoms with van der Waals surface area (Å²) in [7, 11) is 1.66. The van der Waals surface area contributed by atoms with Crippen LogP contribution in [0.15, 0.2) is 61.2 Å². The number of nitrogens with one attached hydrogen (secondary N) is 1. The summed E-state index contributed by atoms with van der Waals surface area (Å²) in [4.78, 5) is 12.6. The lowest BCUT2D eigenvalue weighted by Gasteiger charge is -2.09. The summed E-state index contributed by atoms with van der Waals surface area (Å²) in [5.41, 5.74) is 2.91. The normalized spacial score (nSPS) is 10.2. The molecule has 0 aliphatic heterocycles. The molecule has 110 valence electrons. The molecule has 0 amide bonds. The third kappa shape index (κ3) is 3.20. The van der Waals surface area contributed by atoms with Gasteiger partial charge in [0.2, 0.25) is 0 Å². The van der Waals surface area contributed by atoms with Gasteiger partial charge in [-0.2, -0.15) is 0 Å². The van der Waals surface area contributed by atoms with Crippen LogP contribution in [0.4, 0.5) is 5.82 Å². The molecule has 0 spiro atoms. The van der Waals surface area contributed by atoms with Crippen molar-refractivity contribution < 1.29 is 4.74 Å². The minimum Gasteiger partial charge on any atom is -0.496 e. The highest BCUT2D eigenvalue weighted by Crippen LogP contribution is 2.28. The smallest absolute Gasteiger partial charge is 0.130 e. The van der Waals surface area contributed by atoms with Gasteiger partial charge in [-0.05, 0) is 29.8 Å². The maximum absolute atomic E-state index is 5.38. The van der Waals surface area contributed by atoms with Gasteiger partial charge in [-0.15, -0.1) is 0 Å². The van der Waals surface area contributed by atoms with Crippen molar-refractivity contribution in [3.63, 3.8) is 0 Å². The van der Waals surface area contributed by atoms with E-state index >= 15 is 0 Å². The second kappa shape index (κ2) is 6.67. The number of rotatable bonds is 5. The van der Waals surface area contributed by atoms with Gasteiger partial charge in [0.15, 0.2) is 0 Å². The Balaban J connectivity index is 1.81. The van der Waals surface area contributed by atoms with E-state index in [1.54, 1.807) is 25.8 Å². The number of anilines is 1. The summed E-state index contributed by atoms with van der Waals surface area (Å²) in [6.45, 7) is 0.685. The van der Waals surface area contributed by atoms with Gasteiger partial charge < -0.3 is 10.1 Å². The predicted molar refractivity (Wildman–Crippen MR) is 85.6 cm³/mol. The Kier molecular flexibility index (Phi) is 4.25. The van der Waals surface area contributed by atoms with E-state index in [0.29, 0.717) is 6.54 Å². The standard InChI is InChI=1S/C17H16N4O/c1-22-16-5-3-2-4-14(16)15-10-17(21-12-20-15)19-11-13-6-8-18-9-7-13/h2-10,12H,11H2,1H3,(H,19,20,21). The van der Waals surface area contributed by atoms with Crippen LogP contribution >= 0.6 is 0 Å². The monoisotopic (exact) mass is 292 g/mol. The van der Waals surface area contributed by atoms with Gasteiger partial charge in [-0.25, -0.2) is 9.97 Å². The van der Waals surface area contributed by atoms with Gasteiger partial charge in [-0.1, -0.05) is 12.1 Å². The first-order chi connectivity index (χ1) is 10.9. The first-order valence-corrected chi connectivity index (χ1v) is 6.95. The fraction of sp³-hybridized carbons (Fsp3) is 0.118. The van der Waals surface area contributed by atoms with Crippen LogP contribution in [0.25, 0.3) is 11.3 Å². The number of para-hydroxylation sites is 1. The Morgan fingerprint density at radius 1 is 1.05 bits per heavy atom. The first kappa shape index (κ1) is 14.0. The van der Waals surface area contributed by atoms with Crippen LogP contribution in [-0.2, 0) is 6.54 Å². The molecule has 0 saturated carbocycles. The topological polar surface area (TPSA) is 59.9 Å². The van der Waals surface area contributed by atoms with Crippen molar-refractivity contribution in [1.82, 2.24) is 15.0 Å². The van der Waals surface area contributed by atoms with Crippen LogP contribution in [0.2, 0.25) is 0 Å². The number of nitrogens with zero attached hydrogens (tertiary/aromatic N) is 3. The third-order valence-corrected chi connectivity index (χ3v) is 3.27. The molecule has 0 radical (unpaired) electrons. The highest BCUT2D eigenvalue weighted by atomic mass is 16.5. The minimum absolute atomic E-state index is 0.685. The van der Waals surface area contributed by atoms with Crippen molar-refractivity contribution >= 4 is 5.82 Å². The molecule has 22 heavy (non-hydrogen) atoms. The van der Waals surface area contributed by atoms with Crippen LogP contribution < -0.4 is 10.1 Å². The van der Waals surface area contributed by atoms with Gasteiger partial charge in [0.05, 0.1) is 12.8 Å². The molecule has 3 rings (SSSR count). The highest BCUT2D eigenvalue weighted by molar-refractivity contribution is 5.68. The molecule has 1 N–H and O–H groups in total. The molecule has 0 unspecified atom stereocenters. The lowest BCUT2D eigenvalue weighted by atomic mass is 10.1. The van der Waals surface area contributed by atoms with E-state index in [-0.39, 0.29) is 0 Å². The fourth-order valence-electron chi connectivity index (χ4n) is 2.15. The SMILES string of the molecule is COc1ccccc1-c1cc(NCc2ccncc2)ncn1. The fourth-order valence-corrected chi connectivity index (χ4v) is 2.15. The number of ether oxygens (including phenoxy) is 1. The molecule has 1 aromatic carbocycles.